The normalized spacial score (nSPS) is 25.1. The lowest BCUT2D eigenvalue weighted by Gasteiger charge is -2.24. The van der Waals surface area contributed by atoms with Gasteiger partial charge in [-0.1, -0.05) is 26.7 Å². The van der Waals surface area contributed by atoms with Crippen molar-refractivity contribution in [3.8, 4) is 0 Å². The van der Waals surface area contributed by atoms with E-state index in [1.807, 2.05) is 0 Å². The molecule has 2 heterocycles. The van der Waals surface area contributed by atoms with Crippen molar-refractivity contribution in [2.45, 2.75) is 83.2 Å². The first-order valence-electron chi connectivity index (χ1n) is 8.22. The minimum Gasteiger partial charge on any atom is -0.370 e. The molecule has 1 aliphatic carbocycles. The zero-order chi connectivity index (χ0) is 14.0. The summed E-state index contributed by atoms with van der Waals surface area (Å²) < 4.78 is 8.79. The van der Waals surface area contributed by atoms with Crippen molar-refractivity contribution in [1.82, 2.24) is 9.88 Å². The average molecular weight is 276 g/mol. The highest BCUT2D eigenvalue weighted by Gasteiger charge is 2.42. The largest absolute Gasteiger partial charge is 0.370 e. The molecule has 1 aromatic heterocycles. The second kappa shape index (κ2) is 5.90. The minimum absolute atomic E-state index is 0.258. The molecule has 20 heavy (non-hydrogen) atoms. The molecule has 0 amide bonds. The van der Waals surface area contributed by atoms with Crippen LogP contribution < -0.4 is 5.32 Å². The third-order valence-electron chi connectivity index (χ3n) is 4.87. The fourth-order valence-electron chi connectivity index (χ4n) is 3.73. The second-order valence-corrected chi connectivity index (χ2v) is 6.86. The van der Waals surface area contributed by atoms with Crippen molar-refractivity contribution >= 4 is 0 Å². The molecule has 1 aromatic rings. The summed E-state index contributed by atoms with van der Waals surface area (Å²) in [5, 5.41) is 3.50. The van der Waals surface area contributed by atoms with E-state index >= 15 is 0 Å². The fourth-order valence-corrected chi connectivity index (χ4v) is 3.73. The van der Waals surface area contributed by atoms with E-state index in [9.17, 15) is 0 Å². The monoisotopic (exact) mass is 276 g/mol. The lowest BCUT2D eigenvalue weighted by Crippen LogP contribution is -2.28. The van der Waals surface area contributed by atoms with E-state index in [-0.39, 0.29) is 5.60 Å². The van der Waals surface area contributed by atoms with Gasteiger partial charge in [0.15, 0.2) is 0 Å². The molecule has 3 heteroatoms. The molecule has 1 aliphatic heterocycles. The summed E-state index contributed by atoms with van der Waals surface area (Å²) in [5.74, 6) is 0. The molecule has 1 N–H and O–H groups in total. The van der Waals surface area contributed by atoms with Gasteiger partial charge in [0.05, 0.1) is 11.7 Å². The molecule has 1 saturated carbocycles. The minimum atomic E-state index is 0.258. The van der Waals surface area contributed by atoms with Gasteiger partial charge in [0.25, 0.3) is 0 Å². The summed E-state index contributed by atoms with van der Waals surface area (Å²) in [6, 6.07) is 4.90. The van der Waals surface area contributed by atoms with E-state index in [4.69, 9.17) is 4.74 Å². The maximum atomic E-state index is 6.42. The van der Waals surface area contributed by atoms with Crippen LogP contribution in [-0.4, -0.2) is 22.3 Å². The van der Waals surface area contributed by atoms with Crippen LogP contribution in [0.3, 0.4) is 0 Å². The van der Waals surface area contributed by atoms with Crippen LogP contribution in [0.15, 0.2) is 18.3 Å². The van der Waals surface area contributed by atoms with Crippen LogP contribution in [0.5, 0.6) is 0 Å². The smallest absolute Gasteiger partial charge is 0.0762 e. The van der Waals surface area contributed by atoms with Crippen LogP contribution in [-0.2, 0) is 17.8 Å². The van der Waals surface area contributed by atoms with Gasteiger partial charge in [-0.25, -0.2) is 0 Å². The first-order chi connectivity index (χ1) is 9.67. The van der Waals surface area contributed by atoms with Crippen molar-refractivity contribution in [2.75, 3.05) is 0 Å². The Bertz CT molecular complexity index is 432. The molecule has 0 aromatic carbocycles. The molecule has 0 bridgehead atoms. The zero-order valence-electron chi connectivity index (χ0n) is 12.9. The van der Waals surface area contributed by atoms with Crippen LogP contribution in [0.4, 0.5) is 0 Å². The van der Waals surface area contributed by atoms with E-state index in [1.165, 1.54) is 44.2 Å². The molecule has 1 spiro atoms. The van der Waals surface area contributed by atoms with Crippen LogP contribution in [0.1, 0.15) is 58.1 Å². The van der Waals surface area contributed by atoms with Gasteiger partial charge in [-0.15, -0.1) is 0 Å². The summed E-state index contributed by atoms with van der Waals surface area (Å²) in [4.78, 5) is 0. The molecular formula is C17H28N2O. The van der Waals surface area contributed by atoms with E-state index in [0.717, 1.165) is 13.1 Å². The van der Waals surface area contributed by atoms with Crippen molar-refractivity contribution in [3.63, 3.8) is 0 Å². The predicted octanol–water partition coefficient (Wildman–Crippen LogP) is 3.48. The van der Waals surface area contributed by atoms with E-state index < -0.39 is 0 Å². The average Bonchev–Trinajstić information content (AvgIpc) is 3.12. The molecule has 3 nitrogen and oxygen atoms in total. The SMILES string of the molecule is CC(C)NCc1cccn1CC1CCC2(CCCC2)O1. The highest BCUT2D eigenvalue weighted by atomic mass is 16.5. The number of hydrogen-bond acceptors (Lipinski definition) is 2. The number of ether oxygens (including phenoxy) is 1. The summed E-state index contributed by atoms with van der Waals surface area (Å²) in [6.45, 7) is 6.35. The Balaban J connectivity index is 1.57. The molecule has 0 radical (unpaired) electrons. The third kappa shape index (κ3) is 3.09. The molecule has 1 saturated heterocycles. The molecule has 2 fully saturated rings. The van der Waals surface area contributed by atoms with Crippen LogP contribution in [0.25, 0.3) is 0 Å². The van der Waals surface area contributed by atoms with Gasteiger partial charge in [0, 0.05) is 31.0 Å². The first-order valence-corrected chi connectivity index (χ1v) is 8.22. The first kappa shape index (κ1) is 14.2. The topological polar surface area (TPSA) is 26.2 Å². The van der Waals surface area contributed by atoms with E-state index in [2.05, 4.69) is 42.1 Å². The maximum absolute atomic E-state index is 6.42. The number of nitrogens with zero attached hydrogens (tertiary/aromatic N) is 1. The number of aromatic nitrogens is 1. The Hall–Kier alpha value is -0.800. The Kier molecular flexibility index (Phi) is 4.18. The Morgan fingerprint density at radius 1 is 1.35 bits per heavy atom. The lowest BCUT2D eigenvalue weighted by atomic mass is 9.98. The zero-order valence-corrected chi connectivity index (χ0v) is 12.9. The maximum Gasteiger partial charge on any atom is 0.0762 e. The summed E-state index contributed by atoms with van der Waals surface area (Å²) in [6.07, 6.45) is 10.4. The van der Waals surface area contributed by atoms with Crippen molar-refractivity contribution < 1.29 is 4.74 Å². The lowest BCUT2D eigenvalue weighted by molar-refractivity contribution is -0.0420. The molecule has 3 rings (SSSR count). The molecule has 1 atom stereocenters. The van der Waals surface area contributed by atoms with Crippen LogP contribution >= 0.6 is 0 Å². The summed E-state index contributed by atoms with van der Waals surface area (Å²) in [7, 11) is 0. The number of rotatable bonds is 5. The Labute approximate surface area is 122 Å². The predicted molar refractivity (Wildman–Crippen MR) is 81.7 cm³/mol. The van der Waals surface area contributed by atoms with Gasteiger partial charge in [-0.05, 0) is 37.8 Å². The Morgan fingerprint density at radius 2 is 2.15 bits per heavy atom. The van der Waals surface area contributed by atoms with Crippen LogP contribution in [0.2, 0.25) is 0 Å². The van der Waals surface area contributed by atoms with Crippen LogP contribution in [0, 0.1) is 0 Å². The summed E-state index contributed by atoms with van der Waals surface area (Å²) in [5.41, 5.74) is 1.63. The molecule has 112 valence electrons. The van der Waals surface area contributed by atoms with Gasteiger partial charge in [-0.3, -0.25) is 0 Å². The van der Waals surface area contributed by atoms with Gasteiger partial charge in [0.1, 0.15) is 0 Å². The quantitative estimate of drug-likeness (QED) is 0.891. The van der Waals surface area contributed by atoms with Gasteiger partial charge in [-0.2, -0.15) is 0 Å². The third-order valence-corrected chi connectivity index (χ3v) is 4.87. The van der Waals surface area contributed by atoms with E-state index in [0.29, 0.717) is 12.1 Å². The van der Waals surface area contributed by atoms with Crippen molar-refractivity contribution in [2.24, 2.45) is 0 Å². The summed E-state index contributed by atoms with van der Waals surface area (Å²) >= 11 is 0. The number of hydrogen-bond donors (Lipinski definition) is 1. The van der Waals surface area contributed by atoms with Gasteiger partial charge < -0.3 is 14.6 Å². The highest BCUT2D eigenvalue weighted by molar-refractivity contribution is 5.07. The molecule has 1 unspecified atom stereocenters. The molecular weight excluding hydrogens is 248 g/mol. The molecule has 2 aliphatic rings. The highest BCUT2D eigenvalue weighted by Crippen LogP contribution is 2.43. The van der Waals surface area contributed by atoms with E-state index in [1.54, 1.807) is 0 Å². The van der Waals surface area contributed by atoms with Crippen molar-refractivity contribution in [1.29, 1.82) is 0 Å². The Morgan fingerprint density at radius 3 is 2.90 bits per heavy atom. The fraction of sp³-hybridized carbons (Fsp3) is 0.765. The van der Waals surface area contributed by atoms with Crippen molar-refractivity contribution in [3.05, 3.63) is 24.0 Å². The van der Waals surface area contributed by atoms with Gasteiger partial charge >= 0.3 is 0 Å². The second-order valence-electron chi connectivity index (χ2n) is 6.86. The van der Waals surface area contributed by atoms with Gasteiger partial charge in [0.2, 0.25) is 0 Å². The standard InChI is InChI=1S/C17H28N2O/c1-14(2)18-12-15-6-5-11-19(15)13-16-7-10-17(20-16)8-3-4-9-17/h5-6,11,14,16,18H,3-4,7-10,12-13H2,1-2H3. The number of nitrogens with one attached hydrogen (secondary N) is 1.